The largest absolute Gasteiger partial charge is 0.330 e. The smallest absolute Gasteiger partial charge is 0.266 e. The van der Waals surface area contributed by atoms with Crippen LogP contribution >= 0.6 is 22.9 Å². The van der Waals surface area contributed by atoms with Crippen molar-refractivity contribution in [3.8, 4) is 11.1 Å². The highest BCUT2D eigenvalue weighted by molar-refractivity contribution is 7.21. The predicted molar refractivity (Wildman–Crippen MR) is 145 cm³/mol. The summed E-state index contributed by atoms with van der Waals surface area (Å²) in [6.45, 7) is 2.46. The molecule has 0 saturated heterocycles. The van der Waals surface area contributed by atoms with Crippen LogP contribution in [0.5, 0.6) is 0 Å². The molecule has 1 aliphatic carbocycles. The van der Waals surface area contributed by atoms with Gasteiger partial charge in [-0.2, -0.15) is 0 Å². The normalized spacial score (nSPS) is 18.0. The number of hydrogen-bond donors (Lipinski definition) is 0. The van der Waals surface area contributed by atoms with E-state index in [0.717, 1.165) is 53.3 Å². The van der Waals surface area contributed by atoms with Crippen LogP contribution in [-0.4, -0.2) is 16.8 Å². The second-order valence-corrected chi connectivity index (χ2v) is 10.9. The van der Waals surface area contributed by atoms with Crippen LogP contribution in [0.3, 0.4) is 0 Å². The molecule has 1 aliphatic rings. The number of halogens is 2. The van der Waals surface area contributed by atoms with E-state index in [1.807, 2.05) is 65.6 Å². The van der Waals surface area contributed by atoms with Gasteiger partial charge in [0.25, 0.3) is 5.91 Å². The quantitative estimate of drug-likeness (QED) is 0.256. The van der Waals surface area contributed by atoms with Crippen LogP contribution in [0.25, 0.3) is 21.2 Å². The molecule has 0 spiro atoms. The second kappa shape index (κ2) is 10.5. The van der Waals surface area contributed by atoms with Crippen molar-refractivity contribution in [1.82, 2.24) is 4.90 Å². The van der Waals surface area contributed by atoms with Crippen LogP contribution < -0.4 is 0 Å². The van der Waals surface area contributed by atoms with Crippen LogP contribution in [-0.2, 0) is 6.54 Å². The van der Waals surface area contributed by atoms with Gasteiger partial charge >= 0.3 is 0 Å². The third-order valence-corrected chi connectivity index (χ3v) is 8.98. The lowest BCUT2D eigenvalue weighted by atomic mass is 9.83. The minimum absolute atomic E-state index is 0.0753. The average molecular weight is 506 g/mol. The van der Waals surface area contributed by atoms with E-state index in [9.17, 15) is 4.79 Å². The topological polar surface area (TPSA) is 20.3 Å². The minimum Gasteiger partial charge on any atom is -0.330 e. The number of carbonyl (C=O) groups is 1. The Morgan fingerprint density at radius 3 is 2.40 bits per heavy atom. The molecule has 5 rings (SSSR count). The summed E-state index contributed by atoms with van der Waals surface area (Å²) < 4.78 is 16.1. The third-order valence-electron chi connectivity index (χ3n) is 7.32. The Kier molecular flexibility index (Phi) is 7.22. The van der Waals surface area contributed by atoms with Crippen molar-refractivity contribution >= 4 is 38.9 Å². The van der Waals surface area contributed by atoms with E-state index in [4.69, 9.17) is 11.6 Å². The first kappa shape index (κ1) is 24.0. The predicted octanol–water partition coefficient (Wildman–Crippen LogP) is 8.97. The first-order chi connectivity index (χ1) is 17.0. The van der Waals surface area contributed by atoms with Gasteiger partial charge in [0.05, 0.1) is 5.02 Å². The number of carbonyl (C=O) groups excluding carboxylic acids is 1. The Morgan fingerprint density at radius 2 is 1.69 bits per heavy atom. The fourth-order valence-corrected chi connectivity index (χ4v) is 6.67. The standard InChI is InChI=1S/C30H29ClFNOS/c1-2-20-12-15-24(16-13-20)33(30(34)29-28(31)25-10-6-7-11-27(25)35-29)19-23-18-22(14-17-26(23)32)21-8-4-3-5-9-21/h3-11,14,17-18,20,24H,2,12-13,15-16,19H2,1H3. The van der Waals surface area contributed by atoms with Crippen molar-refractivity contribution in [2.45, 2.75) is 51.6 Å². The molecule has 0 atom stereocenters. The summed E-state index contributed by atoms with van der Waals surface area (Å²) in [5, 5.41) is 1.40. The minimum atomic E-state index is -0.285. The molecule has 0 aliphatic heterocycles. The molecule has 0 radical (unpaired) electrons. The van der Waals surface area contributed by atoms with Gasteiger partial charge in [-0.3, -0.25) is 4.79 Å². The highest BCUT2D eigenvalue weighted by Crippen LogP contribution is 2.38. The average Bonchev–Trinajstić information content (AvgIpc) is 3.25. The number of thiophene rings is 1. The van der Waals surface area contributed by atoms with Gasteiger partial charge in [0.1, 0.15) is 10.7 Å². The van der Waals surface area contributed by atoms with Gasteiger partial charge in [-0.15, -0.1) is 11.3 Å². The summed E-state index contributed by atoms with van der Waals surface area (Å²) in [4.78, 5) is 16.4. The van der Waals surface area contributed by atoms with Crippen LogP contribution in [0.4, 0.5) is 4.39 Å². The molecular weight excluding hydrogens is 477 g/mol. The molecule has 0 N–H and O–H groups in total. The van der Waals surface area contributed by atoms with Gasteiger partial charge < -0.3 is 4.90 Å². The SMILES string of the molecule is CCC1CCC(N(Cc2cc(-c3ccccc3)ccc2F)C(=O)c2sc3ccccc3c2Cl)CC1. The molecular formula is C30H29ClFNOS. The summed E-state index contributed by atoms with van der Waals surface area (Å²) in [6, 6.07) is 23.1. The van der Waals surface area contributed by atoms with E-state index in [1.165, 1.54) is 17.4 Å². The zero-order valence-electron chi connectivity index (χ0n) is 19.8. The molecule has 180 valence electrons. The maximum Gasteiger partial charge on any atom is 0.266 e. The number of nitrogens with zero attached hydrogens (tertiary/aromatic N) is 1. The molecule has 1 amide bonds. The highest BCUT2D eigenvalue weighted by Gasteiger charge is 2.32. The molecule has 4 aromatic rings. The summed E-state index contributed by atoms with van der Waals surface area (Å²) in [5.41, 5.74) is 2.51. The number of hydrogen-bond acceptors (Lipinski definition) is 2. The molecule has 0 unspecified atom stereocenters. The van der Waals surface area contributed by atoms with Crippen LogP contribution in [0, 0.1) is 11.7 Å². The van der Waals surface area contributed by atoms with E-state index in [-0.39, 0.29) is 24.3 Å². The Balaban J connectivity index is 1.51. The van der Waals surface area contributed by atoms with E-state index in [2.05, 4.69) is 6.92 Å². The Morgan fingerprint density at radius 1 is 0.971 bits per heavy atom. The molecule has 1 aromatic heterocycles. The molecule has 35 heavy (non-hydrogen) atoms. The summed E-state index contributed by atoms with van der Waals surface area (Å²) in [7, 11) is 0. The fraction of sp³-hybridized carbons (Fsp3) is 0.300. The van der Waals surface area contributed by atoms with Crippen LogP contribution in [0.1, 0.15) is 54.3 Å². The monoisotopic (exact) mass is 505 g/mol. The molecule has 0 bridgehead atoms. The van der Waals surface area contributed by atoms with E-state index >= 15 is 4.39 Å². The highest BCUT2D eigenvalue weighted by atomic mass is 35.5. The fourth-order valence-electron chi connectivity index (χ4n) is 5.20. The van der Waals surface area contributed by atoms with Crippen molar-refractivity contribution < 1.29 is 9.18 Å². The molecule has 1 heterocycles. The first-order valence-electron chi connectivity index (χ1n) is 12.4. The van der Waals surface area contributed by atoms with Gasteiger partial charge in [-0.05, 0) is 60.9 Å². The molecule has 1 saturated carbocycles. The second-order valence-electron chi connectivity index (χ2n) is 9.43. The van der Waals surface area contributed by atoms with E-state index in [1.54, 1.807) is 6.07 Å². The van der Waals surface area contributed by atoms with Crippen molar-refractivity contribution in [3.63, 3.8) is 0 Å². The Labute approximate surface area is 215 Å². The number of benzene rings is 3. The van der Waals surface area contributed by atoms with Crippen molar-refractivity contribution in [3.05, 3.63) is 94.1 Å². The Hall–Kier alpha value is -2.69. The van der Waals surface area contributed by atoms with Gasteiger partial charge in [-0.25, -0.2) is 4.39 Å². The van der Waals surface area contributed by atoms with Crippen molar-refractivity contribution in [2.75, 3.05) is 0 Å². The van der Waals surface area contributed by atoms with Gasteiger partial charge in [0.15, 0.2) is 0 Å². The van der Waals surface area contributed by atoms with Crippen molar-refractivity contribution in [2.24, 2.45) is 5.92 Å². The summed E-state index contributed by atoms with van der Waals surface area (Å²) >= 11 is 8.14. The van der Waals surface area contributed by atoms with E-state index < -0.39 is 0 Å². The maximum atomic E-state index is 15.1. The first-order valence-corrected chi connectivity index (χ1v) is 13.6. The number of fused-ring (bicyclic) bond motifs is 1. The van der Waals surface area contributed by atoms with Crippen LogP contribution in [0.2, 0.25) is 5.02 Å². The van der Waals surface area contributed by atoms with Crippen molar-refractivity contribution in [1.29, 1.82) is 0 Å². The molecule has 2 nitrogen and oxygen atoms in total. The number of rotatable bonds is 6. The maximum absolute atomic E-state index is 15.1. The zero-order valence-corrected chi connectivity index (χ0v) is 21.4. The molecule has 3 aromatic carbocycles. The van der Waals surface area contributed by atoms with Gasteiger partial charge in [0.2, 0.25) is 0 Å². The summed E-state index contributed by atoms with van der Waals surface area (Å²) in [6.07, 6.45) is 5.23. The Bertz CT molecular complexity index is 1330. The lowest BCUT2D eigenvalue weighted by molar-refractivity contribution is 0.0590. The zero-order chi connectivity index (χ0) is 24.4. The lowest BCUT2D eigenvalue weighted by Crippen LogP contribution is -2.42. The molecule has 5 heteroatoms. The number of amides is 1. The lowest BCUT2D eigenvalue weighted by Gasteiger charge is -2.37. The molecule has 1 fully saturated rings. The van der Waals surface area contributed by atoms with E-state index in [0.29, 0.717) is 21.4 Å². The third kappa shape index (κ3) is 5.00. The van der Waals surface area contributed by atoms with Crippen LogP contribution in [0.15, 0.2) is 72.8 Å². The summed E-state index contributed by atoms with van der Waals surface area (Å²) in [5.74, 6) is 0.321. The van der Waals surface area contributed by atoms with Gasteiger partial charge in [0, 0.05) is 28.2 Å². The van der Waals surface area contributed by atoms with Gasteiger partial charge in [-0.1, -0.05) is 79.5 Å².